The average molecular weight is 463 g/mol. The molecule has 1 saturated heterocycles. The van der Waals surface area contributed by atoms with E-state index in [9.17, 15) is 13.8 Å². The number of carbonyl (C=O) groups excluding carboxylic acids is 1. The third kappa shape index (κ3) is 4.59. The highest BCUT2D eigenvalue weighted by Gasteiger charge is 2.33. The fraction of sp³-hybridized carbons (Fsp3) is 0.278. The number of hydrogen-bond acceptors (Lipinski definition) is 9. The van der Waals surface area contributed by atoms with Crippen molar-refractivity contribution in [3.63, 3.8) is 0 Å². The second-order valence-electron chi connectivity index (χ2n) is 6.90. The van der Waals surface area contributed by atoms with Gasteiger partial charge >= 0.3 is 14.3 Å². The second-order valence-corrected chi connectivity index (χ2v) is 7.72. The number of nitrogens with zero attached hydrogens (tertiary/aromatic N) is 7. The summed E-state index contributed by atoms with van der Waals surface area (Å²) in [5.74, 6) is 0.377. The monoisotopic (exact) mass is 463 g/mol. The van der Waals surface area contributed by atoms with Gasteiger partial charge in [0, 0.05) is 24.4 Å². The van der Waals surface area contributed by atoms with Crippen molar-refractivity contribution >= 4 is 31.8 Å². The van der Waals surface area contributed by atoms with Gasteiger partial charge in [0.1, 0.15) is 17.7 Å². The highest BCUT2D eigenvalue weighted by atomic mass is 31.1. The lowest BCUT2D eigenvalue weighted by atomic mass is 10.1. The summed E-state index contributed by atoms with van der Waals surface area (Å²) in [5, 5.41) is 11.8. The Kier molecular flexibility index (Phi) is 6.12. The Morgan fingerprint density at radius 3 is 2.81 bits per heavy atom. The summed E-state index contributed by atoms with van der Waals surface area (Å²) in [4.78, 5) is 29.4. The van der Waals surface area contributed by atoms with Crippen LogP contribution in [0.1, 0.15) is 0 Å². The second kappa shape index (κ2) is 8.99. The zero-order chi connectivity index (χ0) is 22.8. The minimum atomic E-state index is -3.13. The lowest BCUT2D eigenvalue weighted by Crippen LogP contribution is -2.25. The molecule has 1 aromatic carbocycles. The molecule has 0 spiro atoms. The maximum absolute atomic E-state index is 14.9. The number of ether oxygens (including phenoxy) is 1. The van der Waals surface area contributed by atoms with E-state index < -0.39 is 26.3 Å². The molecule has 12 nitrogen and oxygen atoms in total. The lowest BCUT2D eigenvalue weighted by Gasteiger charge is -2.15. The number of anilines is 3. The van der Waals surface area contributed by atoms with E-state index in [0.29, 0.717) is 28.6 Å². The van der Waals surface area contributed by atoms with Gasteiger partial charge in [-0.25, -0.2) is 14.2 Å². The minimum absolute atomic E-state index is 0.0752. The highest BCUT2D eigenvalue weighted by molar-refractivity contribution is 7.32. The Bertz CT molecular complexity index is 1160. The normalized spacial score (nSPS) is 16.8. The van der Waals surface area contributed by atoms with Crippen molar-refractivity contribution in [2.24, 2.45) is 7.05 Å². The molecule has 168 valence electrons. The molecule has 2 atom stereocenters. The number of carbonyl (C=O) groups is 1. The predicted molar refractivity (Wildman–Crippen MR) is 111 cm³/mol. The molecule has 1 amide bonds. The van der Waals surface area contributed by atoms with Crippen LogP contribution >= 0.6 is 8.25 Å². The van der Waals surface area contributed by atoms with Crippen molar-refractivity contribution in [1.82, 2.24) is 25.2 Å². The van der Waals surface area contributed by atoms with Gasteiger partial charge in [-0.2, -0.15) is 4.80 Å². The third-order valence-corrected chi connectivity index (χ3v) is 5.15. The standard InChI is InChI=1S/C18H19FN7O5P/c1-24(17-21-23-25(2)22-17)16-6-3-11(8-20-16)14-5-4-12(7-15(14)19)26-9-13(31-18(26)27)10-30-32(28)29/h3-8,13,32H,9-10H2,1-2H3,(H,28,29)/t13-/m1/s1. The largest absolute Gasteiger partial charge is 0.441 e. The Morgan fingerprint density at radius 2 is 2.19 bits per heavy atom. The van der Waals surface area contributed by atoms with Crippen LogP contribution in [0.15, 0.2) is 36.5 Å². The molecule has 0 aliphatic carbocycles. The van der Waals surface area contributed by atoms with E-state index >= 15 is 0 Å². The molecular formula is C18H19FN7O5P. The molecule has 4 rings (SSSR count). The molecule has 0 bridgehead atoms. The molecule has 3 aromatic rings. The first kappa shape index (κ1) is 21.8. The minimum Gasteiger partial charge on any atom is -0.441 e. The first-order valence-corrected chi connectivity index (χ1v) is 10.7. The molecule has 1 fully saturated rings. The topological polar surface area (TPSA) is 136 Å². The van der Waals surface area contributed by atoms with E-state index in [1.165, 1.54) is 22.0 Å². The van der Waals surface area contributed by atoms with Gasteiger partial charge in [-0.1, -0.05) is 5.10 Å². The number of benzene rings is 1. The Labute approximate surface area is 182 Å². The van der Waals surface area contributed by atoms with Crippen LogP contribution in [0.3, 0.4) is 0 Å². The number of rotatable bonds is 7. The lowest BCUT2D eigenvalue weighted by molar-refractivity contribution is 0.103. The van der Waals surface area contributed by atoms with Crippen molar-refractivity contribution in [3.8, 4) is 11.1 Å². The molecule has 1 aliphatic rings. The van der Waals surface area contributed by atoms with Gasteiger partial charge in [0.05, 0.1) is 25.9 Å². The van der Waals surface area contributed by atoms with Crippen LogP contribution < -0.4 is 9.80 Å². The van der Waals surface area contributed by atoms with Crippen molar-refractivity contribution in [1.29, 1.82) is 0 Å². The molecule has 1 aliphatic heterocycles. The molecule has 3 heterocycles. The van der Waals surface area contributed by atoms with Gasteiger partial charge in [0.15, 0.2) is 0 Å². The number of hydrogen-bond donors (Lipinski definition) is 1. The number of halogens is 1. The summed E-state index contributed by atoms with van der Waals surface area (Å²) in [6.45, 7) is -0.139. The summed E-state index contributed by atoms with van der Waals surface area (Å²) >= 11 is 0. The SMILES string of the molecule is CN(c1ccc(-c2ccc(N3C[C@H](CO[PH](=O)O)OC3=O)cc2F)cn1)c1nnn(C)n1. The maximum atomic E-state index is 14.9. The number of cyclic esters (lactones) is 1. The number of amides is 1. The van der Waals surface area contributed by atoms with E-state index in [2.05, 4.69) is 24.9 Å². The fourth-order valence-electron chi connectivity index (χ4n) is 3.14. The van der Waals surface area contributed by atoms with Crippen LogP contribution in [0, 0.1) is 5.82 Å². The molecule has 1 unspecified atom stereocenters. The summed E-state index contributed by atoms with van der Waals surface area (Å²) < 4.78 is 35.2. The summed E-state index contributed by atoms with van der Waals surface area (Å²) in [6, 6.07) is 7.76. The number of tetrazole rings is 1. The van der Waals surface area contributed by atoms with Gasteiger partial charge < -0.3 is 14.2 Å². The van der Waals surface area contributed by atoms with E-state index in [-0.39, 0.29) is 13.2 Å². The van der Waals surface area contributed by atoms with Crippen LogP contribution in [0.4, 0.5) is 26.6 Å². The van der Waals surface area contributed by atoms with E-state index in [4.69, 9.17) is 9.63 Å². The number of aromatic nitrogens is 5. The zero-order valence-corrected chi connectivity index (χ0v) is 18.0. The zero-order valence-electron chi connectivity index (χ0n) is 17.0. The first-order valence-electron chi connectivity index (χ1n) is 9.39. The van der Waals surface area contributed by atoms with Gasteiger partial charge in [0.25, 0.3) is 5.95 Å². The molecule has 32 heavy (non-hydrogen) atoms. The Balaban J connectivity index is 1.49. The van der Waals surface area contributed by atoms with Crippen LogP contribution in [0.5, 0.6) is 0 Å². The molecular weight excluding hydrogens is 444 g/mol. The third-order valence-electron chi connectivity index (χ3n) is 4.73. The van der Waals surface area contributed by atoms with Crippen molar-refractivity contribution in [3.05, 3.63) is 42.3 Å². The Hall–Kier alpha value is -3.41. The van der Waals surface area contributed by atoms with Gasteiger partial charge in [-0.15, -0.1) is 5.10 Å². The summed E-state index contributed by atoms with van der Waals surface area (Å²) in [7, 11) is 0.266. The van der Waals surface area contributed by atoms with Crippen molar-refractivity contribution in [2.75, 3.05) is 30.0 Å². The first-order chi connectivity index (χ1) is 15.3. The molecule has 2 aromatic heterocycles. The highest BCUT2D eigenvalue weighted by Crippen LogP contribution is 2.30. The average Bonchev–Trinajstić information content (AvgIpc) is 3.37. The fourth-order valence-corrected chi connectivity index (χ4v) is 3.47. The molecule has 14 heteroatoms. The molecule has 1 N–H and O–H groups in total. The van der Waals surface area contributed by atoms with Gasteiger partial charge in [-0.05, 0) is 35.5 Å². The van der Waals surface area contributed by atoms with Crippen LogP contribution in [-0.2, 0) is 20.9 Å². The number of pyridine rings is 1. The van der Waals surface area contributed by atoms with E-state index in [1.54, 1.807) is 43.3 Å². The predicted octanol–water partition coefficient (Wildman–Crippen LogP) is 1.90. The van der Waals surface area contributed by atoms with E-state index in [0.717, 1.165) is 0 Å². The van der Waals surface area contributed by atoms with Crippen molar-refractivity contribution in [2.45, 2.75) is 6.10 Å². The van der Waals surface area contributed by atoms with E-state index in [1.807, 2.05) is 0 Å². The van der Waals surface area contributed by atoms with Crippen LogP contribution in [0.2, 0.25) is 0 Å². The van der Waals surface area contributed by atoms with Gasteiger partial charge in [-0.3, -0.25) is 14.4 Å². The Morgan fingerprint density at radius 1 is 1.38 bits per heavy atom. The maximum Gasteiger partial charge on any atom is 0.414 e. The quantitative estimate of drug-likeness (QED) is 0.518. The molecule has 0 saturated carbocycles. The van der Waals surface area contributed by atoms with Gasteiger partial charge in [0.2, 0.25) is 0 Å². The van der Waals surface area contributed by atoms with Crippen LogP contribution in [0.25, 0.3) is 11.1 Å². The summed E-state index contributed by atoms with van der Waals surface area (Å²) in [6.07, 6.45) is 0.119. The van der Waals surface area contributed by atoms with Crippen LogP contribution in [-0.4, -0.2) is 62.5 Å². The smallest absolute Gasteiger partial charge is 0.414 e. The van der Waals surface area contributed by atoms with Crippen molar-refractivity contribution < 1.29 is 27.9 Å². The summed E-state index contributed by atoms with van der Waals surface area (Å²) in [5.41, 5.74) is 1.15. The molecule has 0 radical (unpaired) electrons. The number of aryl methyl sites for hydroxylation is 1.